The lowest BCUT2D eigenvalue weighted by atomic mass is 9.91. The Bertz CT molecular complexity index is 1260. The number of rotatable bonds is 5. The van der Waals surface area contributed by atoms with Gasteiger partial charge in [0.2, 0.25) is 10.0 Å². The van der Waals surface area contributed by atoms with Crippen LogP contribution in [0.4, 0.5) is 0 Å². The van der Waals surface area contributed by atoms with E-state index in [1.807, 2.05) is 13.8 Å². The second-order valence-corrected chi connectivity index (χ2v) is 10.5. The standard InChI is InChI=1S/C22H26N4O3S2/c1-14-12-15(2)21(17(4)27)16(3)18(14)13-25-8-10-26(11-9-25)31(28,29)20-7-5-6-19-22(20)24-30-23-19/h5-7,12H,8-11,13H2,1-4H3. The number of aryl methyl sites for hydroxylation is 2. The number of fused-ring (bicyclic) bond motifs is 1. The normalized spacial score (nSPS) is 16.1. The average Bonchev–Trinajstić information content (AvgIpc) is 3.19. The number of ketones is 1. The van der Waals surface area contributed by atoms with E-state index in [0.717, 1.165) is 39.5 Å². The Morgan fingerprint density at radius 3 is 2.45 bits per heavy atom. The quantitative estimate of drug-likeness (QED) is 0.546. The van der Waals surface area contributed by atoms with Gasteiger partial charge in [-0.3, -0.25) is 9.69 Å². The molecular weight excluding hydrogens is 432 g/mol. The van der Waals surface area contributed by atoms with Crippen LogP contribution >= 0.6 is 11.7 Å². The molecule has 0 N–H and O–H groups in total. The van der Waals surface area contributed by atoms with Gasteiger partial charge >= 0.3 is 0 Å². The molecule has 1 fully saturated rings. The monoisotopic (exact) mass is 458 g/mol. The number of carbonyl (C=O) groups excluding carboxylic acids is 1. The minimum Gasteiger partial charge on any atom is -0.296 e. The summed E-state index contributed by atoms with van der Waals surface area (Å²) >= 11 is 1.02. The molecule has 0 spiro atoms. The summed E-state index contributed by atoms with van der Waals surface area (Å²) in [6.07, 6.45) is 0. The lowest BCUT2D eigenvalue weighted by Gasteiger charge is -2.34. The summed E-state index contributed by atoms with van der Waals surface area (Å²) in [6, 6.07) is 7.16. The molecule has 4 rings (SSSR count). The summed E-state index contributed by atoms with van der Waals surface area (Å²) in [5.74, 6) is 0.0814. The Kier molecular flexibility index (Phi) is 5.95. The summed E-state index contributed by atoms with van der Waals surface area (Å²) in [4.78, 5) is 14.6. The van der Waals surface area contributed by atoms with Crippen LogP contribution in [0.1, 0.15) is 39.5 Å². The lowest BCUT2D eigenvalue weighted by molar-refractivity contribution is 0.101. The molecule has 2 heterocycles. The maximum absolute atomic E-state index is 13.2. The molecule has 0 atom stereocenters. The SMILES string of the molecule is CC(=O)c1c(C)cc(C)c(CN2CCN(S(=O)(=O)c3cccc4nsnc34)CC2)c1C. The zero-order chi connectivity index (χ0) is 22.3. The molecule has 0 amide bonds. The van der Waals surface area contributed by atoms with Gasteiger partial charge in [0.25, 0.3) is 0 Å². The maximum Gasteiger partial charge on any atom is 0.245 e. The summed E-state index contributed by atoms with van der Waals surface area (Å²) in [6.45, 7) is 10.5. The van der Waals surface area contributed by atoms with Crippen molar-refractivity contribution in [3.8, 4) is 0 Å². The second kappa shape index (κ2) is 8.38. The molecule has 1 saturated heterocycles. The topological polar surface area (TPSA) is 83.5 Å². The molecule has 3 aromatic rings. The molecule has 0 radical (unpaired) electrons. The molecule has 9 heteroatoms. The Morgan fingerprint density at radius 2 is 1.77 bits per heavy atom. The van der Waals surface area contributed by atoms with Crippen molar-refractivity contribution in [1.82, 2.24) is 18.0 Å². The highest BCUT2D eigenvalue weighted by Crippen LogP contribution is 2.27. The van der Waals surface area contributed by atoms with E-state index in [1.165, 1.54) is 4.31 Å². The lowest BCUT2D eigenvalue weighted by Crippen LogP contribution is -2.48. The van der Waals surface area contributed by atoms with Crippen molar-refractivity contribution < 1.29 is 13.2 Å². The van der Waals surface area contributed by atoms with Crippen molar-refractivity contribution in [3.63, 3.8) is 0 Å². The van der Waals surface area contributed by atoms with Crippen LogP contribution in [-0.4, -0.2) is 58.3 Å². The molecule has 7 nitrogen and oxygen atoms in total. The van der Waals surface area contributed by atoms with Crippen LogP contribution in [0, 0.1) is 20.8 Å². The molecule has 0 saturated carbocycles. The van der Waals surface area contributed by atoms with Gasteiger partial charge in [-0.15, -0.1) is 0 Å². The van der Waals surface area contributed by atoms with Gasteiger partial charge in [0.15, 0.2) is 5.78 Å². The van der Waals surface area contributed by atoms with Crippen LogP contribution in [0.5, 0.6) is 0 Å². The third-order valence-electron chi connectivity index (χ3n) is 6.06. The van der Waals surface area contributed by atoms with Gasteiger partial charge in [0.1, 0.15) is 15.9 Å². The van der Waals surface area contributed by atoms with Crippen LogP contribution < -0.4 is 0 Å². The van der Waals surface area contributed by atoms with E-state index in [0.29, 0.717) is 43.8 Å². The zero-order valence-electron chi connectivity index (χ0n) is 18.2. The molecule has 31 heavy (non-hydrogen) atoms. The molecular formula is C22H26N4O3S2. The first-order chi connectivity index (χ1) is 14.7. The number of benzene rings is 2. The Morgan fingerprint density at radius 1 is 1.06 bits per heavy atom. The number of Topliss-reactive ketones (excluding diaryl/α,β-unsaturated/α-hetero) is 1. The van der Waals surface area contributed by atoms with Crippen molar-refractivity contribution in [2.75, 3.05) is 26.2 Å². The van der Waals surface area contributed by atoms with E-state index in [2.05, 4.69) is 26.6 Å². The number of aromatic nitrogens is 2. The summed E-state index contributed by atoms with van der Waals surface area (Å²) in [5, 5.41) is 0. The third-order valence-corrected chi connectivity index (χ3v) is 8.54. The van der Waals surface area contributed by atoms with Crippen LogP contribution in [0.3, 0.4) is 0 Å². The maximum atomic E-state index is 13.2. The number of hydrogen-bond donors (Lipinski definition) is 0. The van der Waals surface area contributed by atoms with Crippen molar-refractivity contribution in [3.05, 3.63) is 52.1 Å². The number of hydrogen-bond acceptors (Lipinski definition) is 7. The first kappa shape index (κ1) is 22.0. The molecule has 2 aromatic carbocycles. The van der Waals surface area contributed by atoms with Gasteiger partial charge < -0.3 is 0 Å². The molecule has 0 aliphatic carbocycles. The minimum atomic E-state index is -3.63. The van der Waals surface area contributed by atoms with E-state index in [-0.39, 0.29) is 10.7 Å². The number of nitrogens with zero attached hydrogens (tertiary/aromatic N) is 4. The van der Waals surface area contributed by atoms with E-state index < -0.39 is 10.0 Å². The Hall–Kier alpha value is -2.20. The number of sulfonamides is 1. The van der Waals surface area contributed by atoms with Crippen molar-refractivity contribution in [2.24, 2.45) is 0 Å². The molecule has 1 aliphatic heterocycles. The van der Waals surface area contributed by atoms with Gasteiger partial charge in [-0.25, -0.2) is 8.42 Å². The van der Waals surface area contributed by atoms with Gasteiger partial charge in [-0.05, 0) is 62.1 Å². The number of carbonyl (C=O) groups is 1. The van der Waals surface area contributed by atoms with E-state index in [1.54, 1.807) is 25.1 Å². The predicted molar refractivity (Wildman–Crippen MR) is 122 cm³/mol. The van der Waals surface area contributed by atoms with E-state index in [4.69, 9.17) is 0 Å². The minimum absolute atomic E-state index is 0.0814. The van der Waals surface area contributed by atoms with Crippen molar-refractivity contribution >= 4 is 38.6 Å². The third kappa shape index (κ3) is 4.03. The summed E-state index contributed by atoms with van der Waals surface area (Å²) in [7, 11) is -3.63. The van der Waals surface area contributed by atoms with Crippen LogP contribution in [0.2, 0.25) is 0 Å². The summed E-state index contributed by atoms with van der Waals surface area (Å²) < 4.78 is 36.3. The van der Waals surface area contributed by atoms with Gasteiger partial charge in [0.05, 0.1) is 11.7 Å². The van der Waals surface area contributed by atoms with E-state index in [9.17, 15) is 13.2 Å². The second-order valence-electron chi connectivity index (χ2n) is 8.11. The van der Waals surface area contributed by atoms with Crippen LogP contribution in [0.25, 0.3) is 11.0 Å². The molecule has 0 bridgehead atoms. The Balaban J connectivity index is 1.52. The predicted octanol–water partition coefficient (Wildman–Crippen LogP) is 3.33. The highest BCUT2D eigenvalue weighted by atomic mass is 32.2. The summed E-state index contributed by atoms with van der Waals surface area (Å²) in [5.41, 5.74) is 6.21. The smallest absolute Gasteiger partial charge is 0.245 e. The van der Waals surface area contributed by atoms with Crippen molar-refractivity contribution in [1.29, 1.82) is 0 Å². The van der Waals surface area contributed by atoms with Crippen LogP contribution in [0.15, 0.2) is 29.2 Å². The fourth-order valence-electron chi connectivity index (χ4n) is 4.49. The number of piperazine rings is 1. The van der Waals surface area contributed by atoms with Crippen molar-refractivity contribution in [2.45, 2.75) is 39.1 Å². The first-order valence-electron chi connectivity index (χ1n) is 10.2. The highest BCUT2D eigenvalue weighted by molar-refractivity contribution is 7.89. The molecule has 1 aromatic heterocycles. The average molecular weight is 459 g/mol. The van der Waals surface area contributed by atoms with E-state index >= 15 is 0 Å². The molecule has 164 valence electrons. The Labute approximate surface area is 187 Å². The van der Waals surface area contributed by atoms with Gasteiger partial charge in [-0.1, -0.05) is 12.1 Å². The first-order valence-corrected chi connectivity index (χ1v) is 12.4. The highest BCUT2D eigenvalue weighted by Gasteiger charge is 2.31. The van der Waals surface area contributed by atoms with Gasteiger partial charge in [-0.2, -0.15) is 13.1 Å². The largest absolute Gasteiger partial charge is 0.296 e. The zero-order valence-corrected chi connectivity index (χ0v) is 19.8. The fraction of sp³-hybridized carbons (Fsp3) is 0.409. The fourth-order valence-corrected chi connectivity index (χ4v) is 6.67. The molecule has 1 aliphatic rings. The van der Waals surface area contributed by atoms with Gasteiger partial charge in [0, 0.05) is 38.3 Å². The van der Waals surface area contributed by atoms with Crippen LogP contribution in [-0.2, 0) is 16.6 Å². The molecule has 0 unspecified atom stereocenters.